The first-order valence-corrected chi connectivity index (χ1v) is 30.0. The van der Waals surface area contributed by atoms with E-state index in [2.05, 4.69) is 57.2 Å². The molecule has 6 heteroatoms. The summed E-state index contributed by atoms with van der Waals surface area (Å²) in [5.41, 5.74) is 0. The zero-order chi connectivity index (χ0) is 49.3. The van der Waals surface area contributed by atoms with Gasteiger partial charge < -0.3 is 14.2 Å². The second-order valence-electron chi connectivity index (χ2n) is 20.2. The van der Waals surface area contributed by atoms with E-state index in [0.29, 0.717) is 19.3 Å². The summed E-state index contributed by atoms with van der Waals surface area (Å²) in [4.78, 5) is 38.2. The highest BCUT2D eigenvalue weighted by Crippen LogP contribution is 2.16. The van der Waals surface area contributed by atoms with E-state index in [1.54, 1.807) is 0 Å². The highest BCUT2D eigenvalue weighted by Gasteiger charge is 2.19. The molecule has 0 spiro atoms. The Hall–Kier alpha value is -2.37. The van der Waals surface area contributed by atoms with Crippen molar-refractivity contribution in [2.24, 2.45) is 0 Å². The van der Waals surface area contributed by atoms with Gasteiger partial charge in [-0.3, -0.25) is 14.4 Å². The Balaban J connectivity index is 4.37. The van der Waals surface area contributed by atoms with Gasteiger partial charge in [-0.2, -0.15) is 0 Å². The lowest BCUT2D eigenvalue weighted by atomic mass is 10.1. The molecule has 1 atom stereocenters. The molecule has 68 heavy (non-hydrogen) atoms. The third-order valence-electron chi connectivity index (χ3n) is 13.3. The molecule has 0 unspecified atom stereocenters. The molecule has 0 aliphatic heterocycles. The summed E-state index contributed by atoms with van der Waals surface area (Å²) in [5, 5.41) is 0. The number of unbranched alkanes of at least 4 members (excludes halogenated alkanes) is 38. The van der Waals surface area contributed by atoms with E-state index in [-0.39, 0.29) is 31.1 Å². The molecule has 0 N–H and O–H groups in total. The number of ether oxygens (including phenoxy) is 3. The van der Waals surface area contributed by atoms with Crippen LogP contribution in [0.5, 0.6) is 0 Å². The summed E-state index contributed by atoms with van der Waals surface area (Å²) >= 11 is 0. The second kappa shape index (κ2) is 57.2. The fraction of sp³-hybridized carbons (Fsp3) is 0.855. The minimum Gasteiger partial charge on any atom is -0.462 e. The minimum absolute atomic E-state index is 0.0764. The van der Waals surface area contributed by atoms with Crippen LogP contribution in [0.4, 0.5) is 0 Å². The van der Waals surface area contributed by atoms with Gasteiger partial charge in [0.1, 0.15) is 13.2 Å². The molecule has 0 heterocycles. The number of allylic oxidation sites excluding steroid dienone is 6. The van der Waals surface area contributed by atoms with Gasteiger partial charge in [-0.05, 0) is 96.3 Å². The Morgan fingerprint density at radius 2 is 0.485 bits per heavy atom. The summed E-state index contributed by atoms with van der Waals surface area (Å²) in [5.74, 6) is -0.875. The largest absolute Gasteiger partial charge is 0.462 e. The van der Waals surface area contributed by atoms with E-state index >= 15 is 0 Å². The number of hydrogen-bond donors (Lipinski definition) is 0. The van der Waals surface area contributed by atoms with Crippen LogP contribution in [-0.2, 0) is 28.6 Å². The maximum absolute atomic E-state index is 12.9. The molecule has 0 radical (unpaired) electrons. The Morgan fingerprint density at radius 3 is 0.735 bits per heavy atom. The molecule has 0 aromatic rings. The third-order valence-corrected chi connectivity index (χ3v) is 13.3. The van der Waals surface area contributed by atoms with E-state index in [1.807, 2.05) is 0 Å². The zero-order valence-electron chi connectivity index (χ0n) is 45.6. The summed E-state index contributed by atoms with van der Waals surface area (Å²) < 4.78 is 16.9. The first-order valence-electron chi connectivity index (χ1n) is 30.0. The Bertz CT molecular complexity index is 1140. The average Bonchev–Trinajstić information content (AvgIpc) is 3.34. The summed E-state index contributed by atoms with van der Waals surface area (Å²) in [7, 11) is 0. The molecule has 0 aromatic heterocycles. The lowest BCUT2D eigenvalue weighted by Gasteiger charge is -2.18. The quantitative estimate of drug-likeness (QED) is 0.0262. The molecule has 0 rings (SSSR count). The van der Waals surface area contributed by atoms with Crippen molar-refractivity contribution in [1.82, 2.24) is 0 Å². The van der Waals surface area contributed by atoms with E-state index < -0.39 is 6.10 Å². The van der Waals surface area contributed by atoms with Crippen LogP contribution >= 0.6 is 0 Å². The van der Waals surface area contributed by atoms with Crippen LogP contribution in [0.1, 0.15) is 323 Å². The van der Waals surface area contributed by atoms with Crippen LogP contribution in [0.2, 0.25) is 0 Å². The Kier molecular flexibility index (Phi) is 55.2. The number of carbonyl (C=O) groups excluding carboxylic acids is 3. The molecular formula is C62H114O6. The summed E-state index contributed by atoms with van der Waals surface area (Å²) in [6.07, 6.45) is 68.5. The number of rotatable bonds is 55. The van der Waals surface area contributed by atoms with E-state index in [0.717, 1.165) is 64.2 Å². The predicted molar refractivity (Wildman–Crippen MR) is 293 cm³/mol. The van der Waals surface area contributed by atoms with Gasteiger partial charge >= 0.3 is 17.9 Å². The van der Waals surface area contributed by atoms with E-state index in [4.69, 9.17) is 14.2 Å². The van der Waals surface area contributed by atoms with Crippen molar-refractivity contribution in [2.75, 3.05) is 13.2 Å². The molecule has 0 fully saturated rings. The normalized spacial score (nSPS) is 12.2. The molecular weight excluding hydrogens is 841 g/mol. The highest BCUT2D eigenvalue weighted by molar-refractivity contribution is 5.71. The zero-order valence-corrected chi connectivity index (χ0v) is 45.6. The maximum atomic E-state index is 12.9. The van der Waals surface area contributed by atoms with Crippen molar-refractivity contribution in [1.29, 1.82) is 0 Å². The van der Waals surface area contributed by atoms with Gasteiger partial charge in [0, 0.05) is 19.3 Å². The SMILES string of the molecule is CCCCCCCC/C=C\CCCCCCCCCC(=O)OC[C@@H](COC(=O)CCCCCCC/C=C\CCCCCCCCC)OC(=O)CCCCCCCCC/C=C\CCCCCCCC. The smallest absolute Gasteiger partial charge is 0.306 e. The molecule has 0 aromatic carbocycles. The maximum Gasteiger partial charge on any atom is 0.306 e. The molecule has 0 aliphatic rings. The number of carbonyl (C=O) groups is 3. The van der Waals surface area contributed by atoms with Gasteiger partial charge in [0.15, 0.2) is 6.10 Å². The number of esters is 3. The minimum atomic E-state index is -0.778. The van der Waals surface area contributed by atoms with Gasteiger partial charge in [-0.15, -0.1) is 0 Å². The van der Waals surface area contributed by atoms with Crippen LogP contribution in [0.15, 0.2) is 36.5 Å². The first-order chi connectivity index (χ1) is 33.5. The molecule has 6 nitrogen and oxygen atoms in total. The van der Waals surface area contributed by atoms with Crippen LogP contribution in [-0.4, -0.2) is 37.2 Å². The van der Waals surface area contributed by atoms with Crippen molar-refractivity contribution in [2.45, 2.75) is 329 Å². The van der Waals surface area contributed by atoms with Gasteiger partial charge in [0.25, 0.3) is 0 Å². The molecule has 398 valence electrons. The first kappa shape index (κ1) is 65.6. The second-order valence-corrected chi connectivity index (χ2v) is 20.2. The van der Waals surface area contributed by atoms with Gasteiger partial charge in [0.05, 0.1) is 0 Å². The molecule has 0 amide bonds. The highest BCUT2D eigenvalue weighted by atomic mass is 16.6. The van der Waals surface area contributed by atoms with Gasteiger partial charge in [0.2, 0.25) is 0 Å². The summed E-state index contributed by atoms with van der Waals surface area (Å²) in [6.45, 7) is 6.66. The predicted octanol–water partition coefficient (Wildman–Crippen LogP) is 20.0. The van der Waals surface area contributed by atoms with Crippen molar-refractivity contribution in [3.05, 3.63) is 36.5 Å². The number of hydrogen-bond acceptors (Lipinski definition) is 6. The Labute approximate surface area is 423 Å². The van der Waals surface area contributed by atoms with Crippen molar-refractivity contribution in [3.63, 3.8) is 0 Å². The van der Waals surface area contributed by atoms with Gasteiger partial charge in [-0.25, -0.2) is 0 Å². The molecule has 0 aliphatic carbocycles. The van der Waals surface area contributed by atoms with Crippen molar-refractivity contribution < 1.29 is 28.6 Å². The third kappa shape index (κ3) is 54.6. The molecule has 0 saturated carbocycles. The van der Waals surface area contributed by atoms with Crippen molar-refractivity contribution in [3.8, 4) is 0 Å². The molecule has 0 bridgehead atoms. The van der Waals surface area contributed by atoms with Crippen LogP contribution in [0, 0.1) is 0 Å². The lowest BCUT2D eigenvalue weighted by molar-refractivity contribution is -0.167. The Morgan fingerprint density at radius 1 is 0.279 bits per heavy atom. The van der Waals surface area contributed by atoms with E-state index in [9.17, 15) is 14.4 Å². The van der Waals surface area contributed by atoms with Crippen molar-refractivity contribution >= 4 is 17.9 Å². The van der Waals surface area contributed by atoms with E-state index in [1.165, 1.54) is 218 Å². The topological polar surface area (TPSA) is 78.9 Å². The fourth-order valence-electron chi connectivity index (χ4n) is 8.78. The van der Waals surface area contributed by atoms with Crippen LogP contribution in [0.25, 0.3) is 0 Å². The summed E-state index contributed by atoms with van der Waals surface area (Å²) in [6, 6.07) is 0. The lowest BCUT2D eigenvalue weighted by Crippen LogP contribution is -2.30. The van der Waals surface area contributed by atoms with Crippen LogP contribution < -0.4 is 0 Å². The monoisotopic (exact) mass is 955 g/mol. The standard InChI is InChI=1S/C62H114O6/c1-4-7-10-13-16-19-22-25-28-31-34-37-40-43-46-49-52-55-61(64)67-58-59(57-66-60(63)54-51-48-45-42-39-36-33-30-27-24-21-18-15-12-9-6-3)68-62(65)56-53-50-47-44-41-38-35-32-29-26-23-20-17-14-11-8-5-2/h25-26,28-30,33,59H,4-24,27,31-32,34-58H2,1-3H3/b28-25-,29-26-,33-30-/t59-/m1/s1. The fourth-order valence-corrected chi connectivity index (χ4v) is 8.78. The molecule has 0 saturated heterocycles. The van der Waals surface area contributed by atoms with Crippen LogP contribution in [0.3, 0.4) is 0 Å². The van der Waals surface area contributed by atoms with Gasteiger partial charge in [-0.1, -0.05) is 243 Å². The average molecular weight is 956 g/mol.